The normalized spacial score (nSPS) is 24.2. The molecule has 6 nitrogen and oxygen atoms in total. The molecule has 0 unspecified atom stereocenters. The van der Waals surface area contributed by atoms with Gasteiger partial charge in [0.2, 0.25) is 5.91 Å². The average Bonchev–Trinajstić information content (AvgIpc) is 3.16. The van der Waals surface area contributed by atoms with Gasteiger partial charge in [0.15, 0.2) is 0 Å². The van der Waals surface area contributed by atoms with Crippen molar-refractivity contribution >= 4 is 11.6 Å². The summed E-state index contributed by atoms with van der Waals surface area (Å²) < 4.78 is 0. The molecule has 25 heavy (non-hydrogen) atoms. The molecule has 6 heteroatoms. The van der Waals surface area contributed by atoms with Crippen LogP contribution in [0.1, 0.15) is 44.1 Å². The Labute approximate surface area is 148 Å². The van der Waals surface area contributed by atoms with Crippen LogP contribution >= 0.6 is 0 Å². The molecule has 0 spiro atoms. The summed E-state index contributed by atoms with van der Waals surface area (Å²) in [6, 6.07) is 7.08. The fraction of sp³-hybridized carbons (Fsp3) is 0.632. The van der Waals surface area contributed by atoms with Gasteiger partial charge in [-0.3, -0.25) is 19.8 Å². The molecule has 0 bridgehead atoms. The van der Waals surface area contributed by atoms with Gasteiger partial charge in [0.1, 0.15) is 0 Å². The van der Waals surface area contributed by atoms with Crippen molar-refractivity contribution in [3.63, 3.8) is 0 Å². The summed E-state index contributed by atoms with van der Waals surface area (Å²) in [5, 5.41) is 10.7. The molecule has 1 aromatic carbocycles. The zero-order valence-corrected chi connectivity index (χ0v) is 14.9. The van der Waals surface area contributed by atoms with Gasteiger partial charge in [-0.15, -0.1) is 0 Å². The number of nitro groups is 1. The molecule has 1 aromatic rings. The van der Waals surface area contributed by atoms with Gasteiger partial charge in [0, 0.05) is 31.3 Å². The monoisotopic (exact) mass is 345 g/mol. The lowest BCUT2D eigenvalue weighted by molar-refractivity contribution is -0.384. The van der Waals surface area contributed by atoms with Crippen LogP contribution in [-0.2, 0) is 11.2 Å². The van der Waals surface area contributed by atoms with Crippen molar-refractivity contribution in [1.82, 2.24) is 9.80 Å². The van der Waals surface area contributed by atoms with Crippen molar-refractivity contribution in [2.45, 2.75) is 57.0 Å². The van der Waals surface area contributed by atoms with Crippen LogP contribution in [-0.4, -0.2) is 52.9 Å². The summed E-state index contributed by atoms with van der Waals surface area (Å²) in [5.41, 5.74) is 0.891. The third kappa shape index (κ3) is 4.18. The number of hydrogen-bond acceptors (Lipinski definition) is 4. The Morgan fingerprint density at radius 3 is 2.44 bits per heavy atom. The van der Waals surface area contributed by atoms with Crippen molar-refractivity contribution in [3.05, 3.63) is 39.9 Å². The lowest BCUT2D eigenvalue weighted by atomic mass is 9.88. The Hall–Kier alpha value is -1.95. The fourth-order valence-electron chi connectivity index (χ4n) is 4.26. The number of likely N-dealkylation sites (tertiary alicyclic amines) is 1. The van der Waals surface area contributed by atoms with Crippen molar-refractivity contribution in [2.24, 2.45) is 0 Å². The first-order valence-corrected chi connectivity index (χ1v) is 9.29. The summed E-state index contributed by atoms with van der Waals surface area (Å²) in [6.45, 7) is 2.32. The molecule has 0 aromatic heterocycles. The highest BCUT2D eigenvalue weighted by molar-refractivity contribution is 5.79. The molecule has 2 atom stereocenters. The number of nitrogens with zero attached hydrogens (tertiary/aromatic N) is 3. The molecule has 2 aliphatic rings. The first-order chi connectivity index (χ1) is 12.1. The molecule has 0 N–H and O–H groups in total. The Morgan fingerprint density at radius 1 is 1.16 bits per heavy atom. The summed E-state index contributed by atoms with van der Waals surface area (Å²) in [5.74, 6) is 0.102. The number of carbonyl (C=O) groups excluding carboxylic acids is 1. The summed E-state index contributed by atoms with van der Waals surface area (Å²) in [6.07, 6.45) is 7.53. The van der Waals surface area contributed by atoms with Crippen molar-refractivity contribution in [2.75, 3.05) is 20.1 Å². The number of rotatable bonds is 5. The second kappa shape index (κ2) is 7.95. The number of nitro benzene ring substituents is 1. The lowest BCUT2D eigenvalue weighted by Crippen LogP contribution is -2.53. The number of likely N-dealkylation sites (N-methyl/N-ethyl adjacent to an activating group) is 1. The number of hydrogen-bond donors (Lipinski definition) is 0. The Kier molecular flexibility index (Phi) is 5.68. The highest BCUT2D eigenvalue weighted by atomic mass is 16.6. The molecule has 1 amide bonds. The zero-order valence-electron chi connectivity index (χ0n) is 14.9. The molecular weight excluding hydrogens is 318 g/mol. The van der Waals surface area contributed by atoms with Crippen molar-refractivity contribution < 1.29 is 9.72 Å². The molecule has 2 fully saturated rings. The van der Waals surface area contributed by atoms with Crippen LogP contribution in [0.4, 0.5) is 5.69 Å². The van der Waals surface area contributed by atoms with Crippen LogP contribution < -0.4 is 0 Å². The second-order valence-electron chi connectivity index (χ2n) is 7.27. The maximum absolute atomic E-state index is 12.8. The standard InChI is InChI=1S/C19H27N3O3/c1-20(17-6-2-3-7-18(17)21-12-4-5-13-21)19(23)14-15-8-10-16(11-9-15)22(24)25/h8-11,17-18H,2-7,12-14H2,1H3/t17-,18-/m0/s1. The first kappa shape index (κ1) is 17.9. The van der Waals surface area contributed by atoms with Crippen LogP contribution in [0.25, 0.3) is 0 Å². The molecule has 136 valence electrons. The van der Waals surface area contributed by atoms with Gasteiger partial charge in [0.05, 0.1) is 11.3 Å². The summed E-state index contributed by atoms with van der Waals surface area (Å²) in [7, 11) is 1.92. The summed E-state index contributed by atoms with van der Waals surface area (Å²) >= 11 is 0. The minimum Gasteiger partial charge on any atom is -0.341 e. The first-order valence-electron chi connectivity index (χ1n) is 9.29. The highest BCUT2D eigenvalue weighted by Crippen LogP contribution is 2.29. The number of benzene rings is 1. The predicted octanol–water partition coefficient (Wildman–Crippen LogP) is 3.00. The molecule has 1 heterocycles. The maximum Gasteiger partial charge on any atom is 0.269 e. The van der Waals surface area contributed by atoms with Gasteiger partial charge in [-0.2, -0.15) is 0 Å². The van der Waals surface area contributed by atoms with E-state index in [2.05, 4.69) is 4.90 Å². The number of non-ortho nitro benzene ring substituents is 1. The topological polar surface area (TPSA) is 66.7 Å². The van der Waals surface area contributed by atoms with E-state index in [1.807, 2.05) is 11.9 Å². The van der Waals surface area contributed by atoms with Gasteiger partial charge >= 0.3 is 0 Å². The van der Waals surface area contributed by atoms with Crippen molar-refractivity contribution in [1.29, 1.82) is 0 Å². The van der Waals surface area contributed by atoms with Crippen molar-refractivity contribution in [3.8, 4) is 0 Å². The smallest absolute Gasteiger partial charge is 0.269 e. The van der Waals surface area contributed by atoms with E-state index in [0.29, 0.717) is 12.5 Å². The molecule has 0 radical (unpaired) electrons. The Bertz CT molecular complexity index is 611. The van der Waals surface area contributed by atoms with Gasteiger partial charge in [0.25, 0.3) is 5.69 Å². The fourth-order valence-corrected chi connectivity index (χ4v) is 4.26. The quantitative estimate of drug-likeness (QED) is 0.608. The van der Waals surface area contributed by atoms with Crippen LogP contribution in [0.2, 0.25) is 0 Å². The average molecular weight is 345 g/mol. The van der Waals surface area contributed by atoms with Gasteiger partial charge < -0.3 is 4.90 Å². The minimum absolute atomic E-state index is 0.0610. The Morgan fingerprint density at radius 2 is 1.80 bits per heavy atom. The van der Waals surface area contributed by atoms with Gasteiger partial charge in [-0.1, -0.05) is 25.0 Å². The SMILES string of the molecule is CN(C(=O)Cc1ccc([N+](=O)[O-])cc1)[C@H]1CCCC[C@@H]1N1CCCC1. The molecule has 3 rings (SSSR count). The molecule has 1 aliphatic carbocycles. The van der Waals surface area contributed by atoms with Crippen LogP contribution in [0.5, 0.6) is 0 Å². The third-order valence-corrected chi connectivity index (χ3v) is 5.70. The van der Waals surface area contributed by atoms with Crippen LogP contribution in [0.15, 0.2) is 24.3 Å². The molecule has 1 saturated carbocycles. The van der Waals surface area contributed by atoms with E-state index in [4.69, 9.17) is 0 Å². The highest BCUT2D eigenvalue weighted by Gasteiger charge is 2.35. The minimum atomic E-state index is -0.416. The maximum atomic E-state index is 12.8. The molecule has 1 saturated heterocycles. The van der Waals surface area contributed by atoms with E-state index >= 15 is 0 Å². The molecule has 1 aliphatic heterocycles. The number of carbonyl (C=O) groups is 1. The van der Waals surface area contributed by atoms with Gasteiger partial charge in [-0.05, 0) is 44.3 Å². The van der Waals surface area contributed by atoms with E-state index in [1.54, 1.807) is 12.1 Å². The zero-order chi connectivity index (χ0) is 17.8. The third-order valence-electron chi connectivity index (χ3n) is 5.70. The summed E-state index contributed by atoms with van der Waals surface area (Å²) in [4.78, 5) is 27.6. The van der Waals surface area contributed by atoms with Crippen LogP contribution in [0, 0.1) is 10.1 Å². The van der Waals surface area contributed by atoms with E-state index in [-0.39, 0.29) is 17.6 Å². The van der Waals surface area contributed by atoms with E-state index in [9.17, 15) is 14.9 Å². The number of amides is 1. The second-order valence-corrected chi connectivity index (χ2v) is 7.27. The van der Waals surface area contributed by atoms with E-state index in [1.165, 1.54) is 44.2 Å². The van der Waals surface area contributed by atoms with Gasteiger partial charge in [-0.25, -0.2) is 0 Å². The molecular formula is C19H27N3O3. The van der Waals surface area contributed by atoms with E-state index in [0.717, 1.165) is 25.1 Å². The Balaban J connectivity index is 1.64. The largest absolute Gasteiger partial charge is 0.341 e. The predicted molar refractivity (Wildman–Crippen MR) is 96.4 cm³/mol. The lowest BCUT2D eigenvalue weighted by Gasteiger charge is -2.42. The van der Waals surface area contributed by atoms with E-state index < -0.39 is 4.92 Å². The van der Waals surface area contributed by atoms with Crippen LogP contribution in [0.3, 0.4) is 0 Å².